The topological polar surface area (TPSA) is 0 Å². The molecule has 0 aliphatic heterocycles. The summed E-state index contributed by atoms with van der Waals surface area (Å²) >= 11 is 0. The standard InChI is InChI=1S/C29H40P2/c1-22-14-9-11-18-26(22)30(27-19-12-10-15-23(27)2)20-24-16-13-17-25(24)21-31(28(3,4)5)29(6,7)8/h9-19,24H,20-21H2,1-8H3. The molecule has 0 bridgehead atoms. The summed E-state index contributed by atoms with van der Waals surface area (Å²) in [6.45, 7) is 19.2. The Hall–Kier alpha value is -1.22. The second-order valence-electron chi connectivity index (χ2n) is 10.8. The van der Waals surface area contributed by atoms with Crippen LogP contribution in [0.5, 0.6) is 0 Å². The first kappa shape index (κ1) is 24.4. The highest BCUT2D eigenvalue weighted by atomic mass is 31.1. The molecule has 1 aliphatic rings. The monoisotopic (exact) mass is 450 g/mol. The van der Waals surface area contributed by atoms with Crippen molar-refractivity contribution in [2.24, 2.45) is 5.92 Å². The third-order valence-electron chi connectivity index (χ3n) is 6.28. The van der Waals surface area contributed by atoms with E-state index in [9.17, 15) is 0 Å². The van der Waals surface area contributed by atoms with Gasteiger partial charge in [-0.25, -0.2) is 0 Å². The van der Waals surface area contributed by atoms with E-state index in [-0.39, 0.29) is 7.92 Å². The van der Waals surface area contributed by atoms with Crippen LogP contribution in [-0.2, 0) is 0 Å². The maximum atomic E-state index is 2.47. The third kappa shape index (κ3) is 5.97. The van der Waals surface area contributed by atoms with E-state index < -0.39 is 7.92 Å². The Morgan fingerprint density at radius 3 is 1.68 bits per heavy atom. The molecular weight excluding hydrogens is 410 g/mol. The highest BCUT2D eigenvalue weighted by Crippen LogP contribution is 2.61. The predicted octanol–water partition coefficient (Wildman–Crippen LogP) is 7.93. The van der Waals surface area contributed by atoms with Crippen molar-refractivity contribution in [2.75, 3.05) is 12.3 Å². The van der Waals surface area contributed by atoms with Crippen LogP contribution in [0.4, 0.5) is 0 Å². The number of hydrogen-bond acceptors (Lipinski definition) is 0. The first-order valence-corrected chi connectivity index (χ1v) is 14.6. The second kappa shape index (κ2) is 9.73. The van der Waals surface area contributed by atoms with Gasteiger partial charge in [0.15, 0.2) is 0 Å². The number of rotatable bonds is 6. The molecule has 0 saturated carbocycles. The zero-order chi connectivity index (χ0) is 22.8. The number of aryl methyl sites for hydroxylation is 2. The maximum absolute atomic E-state index is 2.47. The molecule has 0 aromatic heterocycles. The van der Waals surface area contributed by atoms with Gasteiger partial charge >= 0.3 is 0 Å². The van der Waals surface area contributed by atoms with Crippen LogP contribution in [0.2, 0.25) is 0 Å². The van der Waals surface area contributed by atoms with Crippen LogP contribution in [0, 0.1) is 19.8 Å². The summed E-state index contributed by atoms with van der Waals surface area (Å²) < 4.78 is 0. The quantitative estimate of drug-likeness (QED) is 0.392. The fraction of sp³-hybridized carbons (Fsp3) is 0.448. The Bertz CT molecular complexity index is 894. The van der Waals surface area contributed by atoms with Crippen molar-refractivity contribution >= 4 is 26.5 Å². The van der Waals surface area contributed by atoms with Gasteiger partial charge in [-0.1, -0.05) is 122 Å². The van der Waals surface area contributed by atoms with Crippen molar-refractivity contribution in [3.63, 3.8) is 0 Å². The fourth-order valence-corrected chi connectivity index (χ4v) is 11.4. The van der Waals surface area contributed by atoms with Crippen LogP contribution in [0.15, 0.2) is 72.3 Å². The molecule has 0 saturated heterocycles. The molecule has 166 valence electrons. The molecule has 1 unspecified atom stereocenters. The lowest BCUT2D eigenvalue weighted by Gasteiger charge is -2.42. The maximum Gasteiger partial charge on any atom is 0.00318 e. The van der Waals surface area contributed by atoms with E-state index in [1.165, 1.54) is 23.5 Å². The molecule has 0 N–H and O–H groups in total. The molecule has 0 amide bonds. The van der Waals surface area contributed by atoms with Gasteiger partial charge in [0, 0.05) is 5.92 Å². The molecule has 31 heavy (non-hydrogen) atoms. The lowest BCUT2D eigenvalue weighted by molar-refractivity contribution is 0.703. The largest absolute Gasteiger partial charge is 0.0915 e. The third-order valence-corrected chi connectivity index (χ3v) is 13.1. The molecule has 1 aliphatic carbocycles. The summed E-state index contributed by atoms with van der Waals surface area (Å²) in [6, 6.07) is 18.1. The summed E-state index contributed by atoms with van der Waals surface area (Å²) in [7, 11) is -0.524. The van der Waals surface area contributed by atoms with E-state index in [4.69, 9.17) is 0 Å². The Labute approximate surface area is 193 Å². The normalized spacial score (nSPS) is 17.0. The van der Waals surface area contributed by atoms with Crippen LogP contribution in [-0.4, -0.2) is 22.6 Å². The van der Waals surface area contributed by atoms with E-state index in [1.807, 2.05) is 0 Å². The summed E-state index contributed by atoms with van der Waals surface area (Å²) in [5.74, 6) is 0.556. The van der Waals surface area contributed by atoms with Crippen LogP contribution in [0.25, 0.3) is 0 Å². The van der Waals surface area contributed by atoms with Gasteiger partial charge in [-0.05, 0) is 66.1 Å². The van der Waals surface area contributed by atoms with Crippen LogP contribution < -0.4 is 10.6 Å². The van der Waals surface area contributed by atoms with Gasteiger partial charge in [0.25, 0.3) is 0 Å². The van der Waals surface area contributed by atoms with Crippen molar-refractivity contribution in [3.8, 4) is 0 Å². The van der Waals surface area contributed by atoms with Crippen molar-refractivity contribution in [2.45, 2.75) is 65.7 Å². The average molecular weight is 451 g/mol. The molecule has 1 atom stereocenters. The predicted molar refractivity (Wildman–Crippen MR) is 145 cm³/mol. The molecule has 2 aromatic rings. The molecule has 2 aromatic carbocycles. The SMILES string of the molecule is Cc1ccccc1P(CC1C=CC=C1CP(C(C)(C)C)C(C)(C)C)c1ccccc1C. The van der Waals surface area contributed by atoms with Crippen LogP contribution >= 0.6 is 15.8 Å². The summed E-state index contributed by atoms with van der Waals surface area (Å²) in [6.07, 6.45) is 9.69. The highest BCUT2D eigenvalue weighted by Gasteiger charge is 2.36. The summed E-state index contributed by atoms with van der Waals surface area (Å²) in [4.78, 5) is 0. The van der Waals surface area contributed by atoms with Gasteiger partial charge in [0.2, 0.25) is 0 Å². The lowest BCUT2D eigenvalue weighted by Crippen LogP contribution is -2.28. The Morgan fingerprint density at radius 1 is 0.742 bits per heavy atom. The van der Waals surface area contributed by atoms with Gasteiger partial charge in [-0.3, -0.25) is 0 Å². The van der Waals surface area contributed by atoms with E-state index >= 15 is 0 Å². The Morgan fingerprint density at radius 2 is 1.23 bits per heavy atom. The highest BCUT2D eigenvalue weighted by molar-refractivity contribution is 7.73. The summed E-state index contributed by atoms with van der Waals surface area (Å²) in [5, 5.41) is 3.80. The van der Waals surface area contributed by atoms with Gasteiger partial charge in [-0.2, -0.15) is 0 Å². The van der Waals surface area contributed by atoms with Crippen molar-refractivity contribution < 1.29 is 0 Å². The zero-order valence-electron chi connectivity index (χ0n) is 20.7. The van der Waals surface area contributed by atoms with Gasteiger partial charge in [0.1, 0.15) is 0 Å². The van der Waals surface area contributed by atoms with Crippen LogP contribution in [0.3, 0.4) is 0 Å². The van der Waals surface area contributed by atoms with Gasteiger partial charge < -0.3 is 0 Å². The van der Waals surface area contributed by atoms with Gasteiger partial charge in [-0.15, -0.1) is 0 Å². The molecule has 3 rings (SSSR count). The van der Waals surface area contributed by atoms with Crippen molar-refractivity contribution in [3.05, 3.63) is 83.5 Å². The first-order valence-electron chi connectivity index (χ1n) is 11.5. The van der Waals surface area contributed by atoms with Crippen molar-refractivity contribution in [1.29, 1.82) is 0 Å². The summed E-state index contributed by atoms with van der Waals surface area (Å²) in [5.41, 5.74) is 4.51. The molecule has 2 heteroatoms. The lowest BCUT2D eigenvalue weighted by atomic mass is 10.1. The first-order chi connectivity index (χ1) is 14.5. The minimum absolute atomic E-state index is 0.127. The van der Waals surface area contributed by atoms with Crippen LogP contribution in [0.1, 0.15) is 52.7 Å². The molecular formula is C29H40P2. The molecule has 0 radical (unpaired) electrons. The van der Waals surface area contributed by atoms with E-state index in [0.29, 0.717) is 16.2 Å². The van der Waals surface area contributed by atoms with E-state index in [0.717, 1.165) is 0 Å². The number of benzene rings is 2. The minimum atomic E-state index is -0.396. The van der Waals surface area contributed by atoms with E-state index in [1.54, 1.807) is 16.2 Å². The Kier molecular flexibility index (Phi) is 7.66. The molecule has 0 heterocycles. The smallest absolute Gasteiger partial charge is 0.00318 e. The number of allylic oxidation sites excluding steroid dienone is 4. The minimum Gasteiger partial charge on any atom is -0.0915 e. The average Bonchev–Trinajstić information content (AvgIpc) is 3.11. The molecule has 0 fully saturated rings. The zero-order valence-corrected chi connectivity index (χ0v) is 22.5. The molecule has 0 spiro atoms. The van der Waals surface area contributed by atoms with Gasteiger partial charge in [0.05, 0.1) is 0 Å². The molecule has 0 nitrogen and oxygen atoms in total. The fourth-order valence-electron chi connectivity index (χ4n) is 4.83. The number of hydrogen-bond donors (Lipinski definition) is 0. The van der Waals surface area contributed by atoms with E-state index in [2.05, 4.69) is 122 Å². The second-order valence-corrected chi connectivity index (χ2v) is 16.9. The Balaban J connectivity index is 1.93. The van der Waals surface area contributed by atoms with Crippen molar-refractivity contribution in [1.82, 2.24) is 0 Å².